The molecule has 0 aromatic carbocycles. The SMILES string of the molecule is COc1nc(OC)nc(N2CCC(C)C2CCl)n1. The molecule has 2 heterocycles. The Morgan fingerprint density at radius 2 is 1.83 bits per heavy atom. The van der Waals surface area contributed by atoms with Crippen molar-refractivity contribution in [2.45, 2.75) is 19.4 Å². The predicted octanol–water partition coefficient (Wildman–Crippen LogP) is 1.34. The van der Waals surface area contributed by atoms with Gasteiger partial charge in [0, 0.05) is 18.5 Å². The first-order chi connectivity index (χ1) is 8.69. The third-order valence-corrected chi connectivity index (χ3v) is 3.56. The summed E-state index contributed by atoms with van der Waals surface area (Å²) in [5.74, 6) is 1.64. The Balaban J connectivity index is 2.32. The van der Waals surface area contributed by atoms with Crippen LogP contribution in [0.15, 0.2) is 0 Å². The summed E-state index contributed by atoms with van der Waals surface area (Å²) in [5, 5.41) is 0. The third-order valence-electron chi connectivity index (χ3n) is 3.25. The number of hydrogen-bond acceptors (Lipinski definition) is 6. The maximum atomic E-state index is 6.02. The summed E-state index contributed by atoms with van der Waals surface area (Å²) in [7, 11) is 3.04. The second-order valence-electron chi connectivity index (χ2n) is 4.29. The molecule has 0 bridgehead atoms. The zero-order valence-corrected chi connectivity index (χ0v) is 11.5. The van der Waals surface area contributed by atoms with Crippen molar-refractivity contribution < 1.29 is 9.47 Å². The lowest BCUT2D eigenvalue weighted by molar-refractivity contribution is 0.339. The summed E-state index contributed by atoms with van der Waals surface area (Å²) in [5.41, 5.74) is 0. The van der Waals surface area contributed by atoms with E-state index in [-0.39, 0.29) is 18.1 Å². The highest BCUT2D eigenvalue weighted by atomic mass is 35.5. The topological polar surface area (TPSA) is 60.4 Å². The van der Waals surface area contributed by atoms with Crippen molar-refractivity contribution in [3.63, 3.8) is 0 Å². The van der Waals surface area contributed by atoms with Crippen LogP contribution in [0.1, 0.15) is 13.3 Å². The van der Waals surface area contributed by atoms with Crippen LogP contribution in [0.2, 0.25) is 0 Å². The number of rotatable bonds is 4. The van der Waals surface area contributed by atoms with Crippen LogP contribution in [-0.2, 0) is 0 Å². The van der Waals surface area contributed by atoms with E-state index in [0.717, 1.165) is 13.0 Å². The molecule has 0 radical (unpaired) electrons. The van der Waals surface area contributed by atoms with E-state index in [1.807, 2.05) is 0 Å². The Kier molecular flexibility index (Phi) is 4.06. The van der Waals surface area contributed by atoms with Gasteiger partial charge in [-0.05, 0) is 12.3 Å². The molecule has 1 aromatic rings. The van der Waals surface area contributed by atoms with Crippen molar-refractivity contribution in [3.05, 3.63) is 0 Å². The minimum Gasteiger partial charge on any atom is -0.467 e. The molecule has 0 spiro atoms. The van der Waals surface area contributed by atoms with Gasteiger partial charge in [0.1, 0.15) is 0 Å². The zero-order valence-electron chi connectivity index (χ0n) is 10.8. The molecule has 2 unspecified atom stereocenters. The summed E-state index contributed by atoms with van der Waals surface area (Å²) in [6.45, 7) is 3.07. The average molecular weight is 273 g/mol. The van der Waals surface area contributed by atoms with Gasteiger partial charge in [-0.3, -0.25) is 0 Å². The molecule has 6 nitrogen and oxygen atoms in total. The molecular weight excluding hydrogens is 256 g/mol. The summed E-state index contributed by atoms with van der Waals surface area (Å²) >= 11 is 6.02. The lowest BCUT2D eigenvalue weighted by Crippen LogP contribution is -2.35. The van der Waals surface area contributed by atoms with Gasteiger partial charge in [-0.25, -0.2) is 0 Å². The standard InChI is InChI=1S/C11H17ClN4O2/c1-7-4-5-16(8(7)6-12)9-13-10(17-2)15-11(14-9)18-3/h7-8H,4-6H2,1-3H3. The first-order valence-corrected chi connectivity index (χ1v) is 6.39. The summed E-state index contributed by atoms with van der Waals surface area (Å²) < 4.78 is 10.1. The molecule has 1 fully saturated rings. The van der Waals surface area contributed by atoms with Crippen LogP contribution in [0.5, 0.6) is 12.0 Å². The summed E-state index contributed by atoms with van der Waals surface area (Å²) in [4.78, 5) is 14.6. The van der Waals surface area contributed by atoms with Crippen molar-refractivity contribution in [1.82, 2.24) is 15.0 Å². The number of alkyl halides is 1. The lowest BCUT2D eigenvalue weighted by atomic mass is 10.1. The zero-order chi connectivity index (χ0) is 13.1. The van der Waals surface area contributed by atoms with Gasteiger partial charge >= 0.3 is 12.0 Å². The number of anilines is 1. The fourth-order valence-electron chi connectivity index (χ4n) is 2.13. The van der Waals surface area contributed by atoms with Crippen molar-refractivity contribution in [2.75, 3.05) is 31.5 Å². The van der Waals surface area contributed by atoms with Gasteiger partial charge in [0.05, 0.1) is 14.2 Å². The van der Waals surface area contributed by atoms with Crippen molar-refractivity contribution in [1.29, 1.82) is 0 Å². The predicted molar refractivity (Wildman–Crippen MR) is 68.6 cm³/mol. The fourth-order valence-corrected chi connectivity index (χ4v) is 2.60. The molecule has 0 aliphatic carbocycles. The van der Waals surface area contributed by atoms with E-state index >= 15 is 0 Å². The van der Waals surface area contributed by atoms with Gasteiger partial charge in [0.25, 0.3) is 0 Å². The summed E-state index contributed by atoms with van der Waals surface area (Å²) in [6, 6.07) is 0.748. The van der Waals surface area contributed by atoms with Crippen LogP contribution >= 0.6 is 11.6 Å². The number of hydrogen-bond donors (Lipinski definition) is 0. The highest BCUT2D eigenvalue weighted by molar-refractivity contribution is 6.18. The fraction of sp³-hybridized carbons (Fsp3) is 0.727. The van der Waals surface area contributed by atoms with Gasteiger partial charge in [-0.15, -0.1) is 16.6 Å². The van der Waals surface area contributed by atoms with Crippen LogP contribution in [0, 0.1) is 5.92 Å². The normalized spacial score (nSPS) is 23.2. The van der Waals surface area contributed by atoms with E-state index in [0.29, 0.717) is 17.7 Å². The van der Waals surface area contributed by atoms with Gasteiger partial charge in [0.15, 0.2) is 0 Å². The van der Waals surface area contributed by atoms with E-state index in [4.69, 9.17) is 21.1 Å². The third kappa shape index (κ3) is 2.43. The van der Waals surface area contributed by atoms with E-state index in [1.54, 1.807) is 0 Å². The molecule has 7 heteroatoms. The van der Waals surface area contributed by atoms with Gasteiger partial charge in [-0.1, -0.05) is 6.92 Å². The number of methoxy groups -OCH3 is 2. The Hall–Kier alpha value is -1.30. The number of nitrogens with zero attached hydrogens (tertiary/aromatic N) is 4. The molecule has 0 amide bonds. The lowest BCUT2D eigenvalue weighted by Gasteiger charge is -2.25. The quantitative estimate of drug-likeness (QED) is 0.771. The highest BCUT2D eigenvalue weighted by Gasteiger charge is 2.32. The first kappa shape index (κ1) is 13.1. The second kappa shape index (κ2) is 5.56. The van der Waals surface area contributed by atoms with Gasteiger partial charge in [-0.2, -0.15) is 9.97 Å². The largest absolute Gasteiger partial charge is 0.467 e. The van der Waals surface area contributed by atoms with Gasteiger partial charge < -0.3 is 14.4 Å². The number of ether oxygens (including phenoxy) is 2. The molecule has 1 aromatic heterocycles. The maximum absolute atomic E-state index is 6.02. The van der Waals surface area contributed by atoms with Gasteiger partial charge in [0.2, 0.25) is 5.95 Å². The minimum absolute atomic E-state index is 0.239. The molecule has 0 N–H and O–H groups in total. The van der Waals surface area contributed by atoms with Crippen molar-refractivity contribution in [3.8, 4) is 12.0 Å². The Labute approximate surface area is 111 Å². The summed E-state index contributed by atoms with van der Waals surface area (Å²) in [6.07, 6.45) is 1.08. The molecule has 2 atom stereocenters. The van der Waals surface area contributed by atoms with E-state index in [1.165, 1.54) is 14.2 Å². The monoisotopic (exact) mass is 272 g/mol. The molecule has 1 saturated heterocycles. The molecule has 1 aliphatic rings. The maximum Gasteiger partial charge on any atom is 0.324 e. The van der Waals surface area contributed by atoms with Crippen LogP contribution in [0.3, 0.4) is 0 Å². The Bertz CT molecular complexity index is 396. The van der Waals surface area contributed by atoms with E-state index < -0.39 is 0 Å². The molecule has 18 heavy (non-hydrogen) atoms. The average Bonchev–Trinajstić information content (AvgIpc) is 2.79. The molecule has 100 valence electrons. The van der Waals surface area contributed by atoms with Crippen LogP contribution < -0.4 is 14.4 Å². The highest BCUT2D eigenvalue weighted by Crippen LogP contribution is 2.29. The Morgan fingerprint density at radius 1 is 1.22 bits per heavy atom. The molecular formula is C11H17ClN4O2. The number of halogens is 1. The van der Waals surface area contributed by atoms with Crippen LogP contribution in [0.4, 0.5) is 5.95 Å². The minimum atomic E-state index is 0.239. The Morgan fingerprint density at radius 3 is 2.33 bits per heavy atom. The molecule has 1 aliphatic heterocycles. The van der Waals surface area contributed by atoms with Crippen molar-refractivity contribution >= 4 is 17.5 Å². The van der Waals surface area contributed by atoms with E-state index in [9.17, 15) is 0 Å². The molecule has 2 rings (SSSR count). The van der Waals surface area contributed by atoms with Crippen LogP contribution in [-0.4, -0.2) is 47.6 Å². The second-order valence-corrected chi connectivity index (χ2v) is 4.60. The molecule has 0 saturated carbocycles. The van der Waals surface area contributed by atoms with Crippen molar-refractivity contribution in [2.24, 2.45) is 5.92 Å². The number of aromatic nitrogens is 3. The van der Waals surface area contributed by atoms with E-state index in [2.05, 4.69) is 26.8 Å². The smallest absolute Gasteiger partial charge is 0.324 e. The first-order valence-electron chi connectivity index (χ1n) is 5.86. The van der Waals surface area contributed by atoms with Crippen LogP contribution in [0.25, 0.3) is 0 Å².